The highest BCUT2D eigenvalue weighted by Gasteiger charge is 2.27. The van der Waals surface area contributed by atoms with E-state index in [4.69, 9.17) is 0 Å². The van der Waals surface area contributed by atoms with Crippen LogP contribution in [-0.4, -0.2) is 52.9 Å². The number of carbonyl (C=O) groups is 2. The quantitative estimate of drug-likeness (QED) is 0.884. The van der Waals surface area contributed by atoms with Crippen molar-refractivity contribution in [2.75, 3.05) is 26.2 Å². The molecule has 6 heteroatoms. The minimum absolute atomic E-state index is 0.0231. The minimum Gasteiger partial charge on any atom is -0.507 e. The smallest absolute Gasteiger partial charge is 0.257 e. The third-order valence-corrected chi connectivity index (χ3v) is 6.00. The van der Waals surface area contributed by atoms with Gasteiger partial charge in [-0.3, -0.25) is 9.59 Å². The van der Waals surface area contributed by atoms with Crippen LogP contribution in [0.15, 0.2) is 29.0 Å². The molecule has 2 amide bonds. The minimum atomic E-state index is -0.140. The van der Waals surface area contributed by atoms with E-state index in [0.29, 0.717) is 37.3 Å². The second kappa shape index (κ2) is 7.11. The van der Waals surface area contributed by atoms with E-state index in [1.54, 1.807) is 15.9 Å². The van der Waals surface area contributed by atoms with E-state index in [-0.39, 0.29) is 17.6 Å². The van der Waals surface area contributed by atoms with Crippen molar-refractivity contribution in [3.8, 4) is 5.75 Å². The normalized spacial score (nSPS) is 17.1. The molecule has 0 radical (unpaired) electrons. The molecule has 1 aliphatic carbocycles. The molecule has 1 N–H and O–H groups in total. The van der Waals surface area contributed by atoms with Gasteiger partial charge in [0.1, 0.15) is 5.75 Å². The van der Waals surface area contributed by atoms with E-state index in [0.717, 1.165) is 31.2 Å². The standard InChI is InChI=1S/C20H22N2O3S/c23-18-12-15-4-2-1-3-14(15)11-17(18)20(25)22-8-6-21(7-9-22)19(24)16-5-10-26-13-16/h5,10-13,23H,1-4,6-9H2. The number of phenolic OH excluding ortho intramolecular Hbond substituents is 1. The number of aromatic hydroxyl groups is 1. The molecule has 1 aromatic carbocycles. The van der Waals surface area contributed by atoms with E-state index in [1.807, 2.05) is 22.9 Å². The summed E-state index contributed by atoms with van der Waals surface area (Å²) >= 11 is 1.51. The molecule has 4 rings (SSSR count). The Balaban J connectivity index is 1.45. The highest BCUT2D eigenvalue weighted by Crippen LogP contribution is 2.29. The molecule has 0 bridgehead atoms. The molecule has 5 nitrogen and oxygen atoms in total. The third-order valence-electron chi connectivity index (χ3n) is 5.31. The summed E-state index contributed by atoms with van der Waals surface area (Å²) in [6.07, 6.45) is 4.22. The van der Waals surface area contributed by atoms with Gasteiger partial charge in [-0.1, -0.05) is 0 Å². The number of piperazine rings is 1. The number of phenols is 1. The second-order valence-electron chi connectivity index (χ2n) is 6.94. The first-order valence-electron chi connectivity index (χ1n) is 9.09. The van der Waals surface area contributed by atoms with Gasteiger partial charge in [0.25, 0.3) is 11.8 Å². The first-order chi connectivity index (χ1) is 12.6. The van der Waals surface area contributed by atoms with Crippen LogP contribution >= 0.6 is 11.3 Å². The van der Waals surface area contributed by atoms with E-state index in [1.165, 1.54) is 16.9 Å². The molecule has 26 heavy (non-hydrogen) atoms. The molecular formula is C20H22N2O3S. The number of hydrogen-bond donors (Lipinski definition) is 1. The number of hydrogen-bond acceptors (Lipinski definition) is 4. The van der Waals surface area contributed by atoms with Crippen LogP contribution in [0.2, 0.25) is 0 Å². The zero-order chi connectivity index (χ0) is 18.1. The topological polar surface area (TPSA) is 60.9 Å². The van der Waals surface area contributed by atoms with Crippen molar-refractivity contribution in [2.24, 2.45) is 0 Å². The summed E-state index contributed by atoms with van der Waals surface area (Å²) in [4.78, 5) is 28.8. The van der Waals surface area contributed by atoms with E-state index in [9.17, 15) is 14.7 Å². The summed E-state index contributed by atoms with van der Waals surface area (Å²) < 4.78 is 0. The molecule has 1 aliphatic heterocycles. The van der Waals surface area contributed by atoms with Crippen LogP contribution in [0.3, 0.4) is 0 Å². The first-order valence-corrected chi connectivity index (χ1v) is 10.0. The number of nitrogens with zero attached hydrogens (tertiary/aromatic N) is 2. The lowest BCUT2D eigenvalue weighted by Crippen LogP contribution is -2.50. The van der Waals surface area contributed by atoms with Gasteiger partial charge in [-0.2, -0.15) is 11.3 Å². The molecule has 2 heterocycles. The van der Waals surface area contributed by atoms with Gasteiger partial charge in [0.2, 0.25) is 0 Å². The maximum Gasteiger partial charge on any atom is 0.257 e. The zero-order valence-electron chi connectivity index (χ0n) is 14.6. The summed E-state index contributed by atoms with van der Waals surface area (Å²) in [7, 11) is 0. The van der Waals surface area contributed by atoms with Crippen LogP contribution in [0.4, 0.5) is 0 Å². The predicted octanol–water partition coefficient (Wildman–Crippen LogP) is 2.93. The number of benzene rings is 1. The molecule has 1 aromatic heterocycles. The summed E-state index contributed by atoms with van der Waals surface area (Å²) in [5.74, 6) is -0.0408. The van der Waals surface area contributed by atoms with Gasteiger partial charge in [-0.05, 0) is 60.4 Å². The maximum absolute atomic E-state index is 12.9. The van der Waals surface area contributed by atoms with Crippen LogP contribution in [0, 0.1) is 0 Å². The fourth-order valence-electron chi connectivity index (χ4n) is 3.80. The average molecular weight is 370 g/mol. The highest BCUT2D eigenvalue weighted by molar-refractivity contribution is 7.08. The molecule has 1 fully saturated rings. The Morgan fingerprint density at radius 2 is 1.54 bits per heavy atom. The second-order valence-corrected chi connectivity index (χ2v) is 7.72. The highest BCUT2D eigenvalue weighted by atomic mass is 32.1. The number of thiophene rings is 1. The fraction of sp³-hybridized carbons (Fsp3) is 0.400. The molecule has 136 valence electrons. The van der Waals surface area contributed by atoms with E-state index in [2.05, 4.69) is 0 Å². The Bertz CT molecular complexity index is 824. The maximum atomic E-state index is 12.9. The van der Waals surface area contributed by atoms with Crippen molar-refractivity contribution in [2.45, 2.75) is 25.7 Å². The Labute approximate surface area is 156 Å². The Morgan fingerprint density at radius 3 is 2.15 bits per heavy atom. The molecular weight excluding hydrogens is 348 g/mol. The fourth-order valence-corrected chi connectivity index (χ4v) is 4.43. The molecule has 0 unspecified atom stereocenters. The van der Waals surface area contributed by atoms with Gasteiger partial charge in [-0.25, -0.2) is 0 Å². The number of fused-ring (bicyclic) bond motifs is 1. The zero-order valence-corrected chi connectivity index (χ0v) is 15.4. The average Bonchev–Trinajstić information content (AvgIpc) is 3.21. The number of aryl methyl sites for hydroxylation is 2. The predicted molar refractivity (Wildman–Crippen MR) is 101 cm³/mol. The summed E-state index contributed by atoms with van der Waals surface area (Å²) in [6, 6.07) is 5.46. The van der Waals surface area contributed by atoms with Crippen LogP contribution in [-0.2, 0) is 12.8 Å². The van der Waals surface area contributed by atoms with Crippen molar-refractivity contribution in [1.29, 1.82) is 0 Å². The molecule has 2 aromatic rings. The SMILES string of the molecule is O=C(c1ccsc1)N1CCN(C(=O)c2cc3c(cc2O)CCCC3)CC1. The Hall–Kier alpha value is -2.34. The number of amides is 2. The van der Waals surface area contributed by atoms with Gasteiger partial charge in [0.05, 0.1) is 11.1 Å². The summed E-state index contributed by atoms with van der Waals surface area (Å²) in [5.41, 5.74) is 3.45. The molecule has 0 saturated carbocycles. The number of rotatable bonds is 2. The van der Waals surface area contributed by atoms with Crippen molar-refractivity contribution in [3.05, 3.63) is 51.2 Å². The Kier molecular flexibility index (Phi) is 4.68. The lowest BCUT2D eigenvalue weighted by atomic mass is 9.89. The van der Waals surface area contributed by atoms with E-state index < -0.39 is 0 Å². The van der Waals surface area contributed by atoms with Crippen LogP contribution in [0.5, 0.6) is 5.75 Å². The van der Waals surface area contributed by atoms with Gasteiger partial charge in [0, 0.05) is 31.6 Å². The van der Waals surface area contributed by atoms with Gasteiger partial charge in [0.15, 0.2) is 0 Å². The largest absolute Gasteiger partial charge is 0.507 e. The third kappa shape index (κ3) is 3.21. The lowest BCUT2D eigenvalue weighted by molar-refractivity contribution is 0.0534. The molecule has 0 atom stereocenters. The molecule has 1 saturated heterocycles. The molecule has 2 aliphatic rings. The summed E-state index contributed by atoms with van der Waals surface area (Å²) in [5, 5.41) is 14.1. The van der Waals surface area contributed by atoms with Crippen molar-refractivity contribution >= 4 is 23.2 Å². The lowest BCUT2D eigenvalue weighted by Gasteiger charge is -2.35. The van der Waals surface area contributed by atoms with Crippen molar-refractivity contribution < 1.29 is 14.7 Å². The van der Waals surface area contributed by atoms with Gasteiger partial charge < -0.3 is 14.9 Å². The molecule has 0 spiro atoms. The van der Waals surface area contributed by atoms with Crippen LogP contribution in [0.25, 0.3) is 0 Å². The van der Waals surface area contributed by atoms with Crippen LogP contribution < -0.4 is 0 Å². The number of carbonyl (C=O) groups excluding carboxylic acids is 2. The Morgan fingerprint density at radius 1 is 0.923 bits per heavy atom. The first kappa shape index (κ1) is 17.1. The van der Waals surface area contributed by atoms with Crippen LogP contribution in [0.1, 0.15) is 44.7 Å². The monoisotopic (exact) mass is 370 g/mol. The van der Waals surface area contributed by atoms with E-state index >= 15 is 0 Å². The summed E-state index contributed by atoms with van der Waals surface area (Å²) in [6.45, 7) is 2.02. The van der Waals surface area contributed by atoms with Crippen molar-refractivity contribution in [1.82, 2.24) is 9.80 Å². The van der Waals surface area contributed by atoms with Gasteiger partial charge >= 0.3 is 0 Å². The van der Waals surface area contributed by atoms with Gasteiger partial charge in [-0.15, -0.1) is 0 Å². The van der Waals surface area contributed by atoms with Crippen molar-refractivity contribution in [3.63, 3.8) is 0 Å².